The van der Waals surface area contributed by atoms with E-state index in [0.717, 1.165) is 55.5 Å². The van der Waals surface area contributed by atoms with Crippen LogP contribution in [0.2, 0.25) is 5.02 Å². The Kier molecular flexibility index (Phi) is 3.03. The number of hydrogen-bond acceptors (Lipinski definition) is 2. The minimum atomic E-state index is 0.701. The molecule has 5 heteroatoms. The zero-order chi connectivity index (χ0) is 19.8. The Morgan fingerprint density at radius 3 is 2.50 bits per heavy atom. The summed E-state index contributed by atoms with van der Waals surface area (Å²) in [6, 6.07) is 28.6. The maximum Gasteiger partial charge on any atom is 0.220 e. The molecule has 0 atom stereocenters. The zero-order valence-electron chi connectivity index (χ0n) is 15.7. The van der Waals surface area contributed by atoms with Crippen molar-refractivity contribution in [3.63, 3.8) is 0 Å². The smallest absolute Gasteiger partial charge is 0.220 e. The Morgan fingerprint density at radius 2 is 1.53 bits per heavy atom. The fraction of sp³-hybridized carbons (Fsp3) is 0. The van der Waals surface area contributed by atoms with Crippen LogP contribution in [0.5, 0.6) is 0 Å². The van der Waals surface area contributed by atoms with Gasteiger partial charge in [0.25, 0.3) is 0 Å². The summed E-state index contributed by atoms with van der Waals surface area (Å²) in [5.74, 6) is 0.851. The van der Waals surface area contributed by atoms with Crippen molar-refractivity contribution in [2.24, 2.45) is 0 Å². The fourth-order valence-electron chi connectivity index (χ4n) is 4.48. The van der Waals surface area contributed by atoms with Crippen LogP contribution < -0.4 is 0 Å². The van der Waals surface area contributed by atoms with Crippen molar-refractivity contribution in [1.29, 1.82) is 0 Å². The summed E-state index contributed by atoms with van der Waals surface area (Å²) in [6.45, 7) is 0. The molecule has 0 saturated carbocycles. The lowest BCUT2D eigenvalue weighted by Gasteiger charge is -2.05. The Morgan fingerprint density at radius 1 is 0.700 bits per heavy atom. The molecule has 0 aliphatic rings. The average molecular weight is 408 g/mol. The van der Waals surface area contributed by atoms with Crippen molar-refractivity contribution in [2.75, 3.05) is 0 Å². The SMILES string of the molecule is Clc1ccc2c(c1)n1c3ccccc3nc1n2-c1ccc2c(c1)oc1ccccc12. The lowest BCUT2D eigenvalue weighted by atomic mass is 10.1. The molecule has 7 rings (SSSR count). The largest absolute Gasteiger partial charge is 0.456 e. The van der Waals surface area contributed by atoms with E-state index < -0.39 is 0 Å². The van der Waals surface area contributed by atoms with Gasteiger partial charge >= 0.3 is 0 Å². The van der Waals surface area contributed by atoms with E-state index in [1.165, 1.54) is 0 Å². The number of imidazole rings is 2. The molecule has 0 amide bonds. The highest BCUT2D eigenvalue weighted by molar-refractivity contribution is 6.31. The predicted octanol–water partition coefficient (Wildman–Crippen LogP) is 6.98. The maximum atomic E-state index is 6.36. The first kappa shape index (κ1) is 16.1. The van der Waals surface area contributed by atoms with Gasteiger partial charge in [-0.15, -0.1) is 0 Å². The molecule has 0 unspecified atom stereocenters. The second-order valence-corrected chi connectivity index (χ2v) is 7.92. The number of hydrogen-bond donors (Lipinski definition) is 0. The van der Waals surface area contributed by atoms with Gasteiger partial charge in [-0.1, -0.05) is 41.9 Å². The van der Waals surface area contributed by atoms with E-state index in [1.54, 1.807) is 0 Å². The van der Waals surface area contributed by atoms with Gasteiger partial charge in [-0.2, -0.15) is 0 Å². The Labute approximate surface area is 175 Å². The van der Waals surface area contributed by atoms with Gasteiger partial charge in [-0.25, -0.2) is 4.98 Å². The standard InChI is InChI=1S/C25H14ClN3O/c26-15-9-12-21-22(13-15)29-20-7-3-2-6-19(20)27-25(29)28(21)16-10-11-18-17-5-1-4-8-23(17)30-24(18)14-16/h1-14H. The highest BCUT2D eigenvalue weighted by Gasteiger charge is 2.18. The van der Waals surface area contributed by atoms with Gasteiger partial charge < -0.3 is 4.42 Å². The van der Waals surface area contributed by atoms with Crippen LogP contribution in [0.1, 0.15) is 0 Å². The molecule has 0 fully saturated rings. The Hall–Kier alpha value is -3.76. The summed E-state index contributed by atoms with van der Waals surface area (Å²) in [7, 11) is 0. The molecule has 0 N–H and O–H groups in total. The lowest BCUT2D eigenvalue weighted by molar-refractivity contribution is 0.668. The van der Waals surface area contributed by atoms with Crippen LogP contribution in [0.3, 0.4) is 0 Å². The number of halogens is 1. The number of furan rings is 1. The molecule has 0 spiro atoms. The van der Waals surface area contributed by atoms with Gasteiger partial charge in [0, 0.05) is 21.9 Å². The second kappa shape index (κ2) is 5.65. The molecule has 30 heavy (non-hydrogen) atoms. The normalized spacial score (nSPS) is 12.2. The molecule has 7 aromatic rings. The molecule has 3 heterocycles. The first-order valence-corrected chi connectivity index (χ1v) is 10.1. The van der Waals surface area contributed by atoms with E-state index in [1.807, 2.05) is 54.6 Å². The van der Waals surface area contributed by atoms with Gasteiger partial charge in [0.2, 0.25) is 5.78 Å². The third-order valence-electron chi connectivity index (χ3n) is 5.78. The number of aromatic nitrogens is 3. The van der Waals surface area contributed by atoms with Gasteiger partial charge in [0.05, 0.1) is 27.8 Å². The van der Waals surface area contributed by atoms with Gasteiger partial charge in [-0.3, -0.25) is 8.97 Å². The molecule has 0 saturated heterocycles. The van der Waals surface area contributed by atoms with Crippen molar-refractivity contribution in [2.45, 2.75) is 0 Å². The lowest BCUT2D eigenvalue weighted by Crippen LogP contribution is -1.94. The van der Waals surface area contributed by atoms with Crippen LogP contribution in [-0.4, -0.2) is 14.0 Å². The summed E-state index contributed by atoms with van der Waals surface area (Å²) in [4.78, 5) is 4.93. The quantitative estimate of drug-likeness (QED) is 0.294. The van der Waals surface area contributed by atoms with E-state index in [0.29, 0.717) is 5.02 Å². The number of para-hydroxylation sites is 3. The summed E-state index contributed by atoms with van der Waals surface area (Å²) in [6.07, 6.45) is 0. The fourth-order valence-corrected chi connectivity index (χ4v) is 4.65. The first-order chi connectivity index (χ1) is 14.8. The topological polar surface area (TPSA) is 35.4 Å². The zero-order valence-corrected chi connectivity index (χ0v) is 16.5. The van der Waals surface area contributed by atoms with E-state index in [-0.39, 0.29) is 0 Å². The summed E-state index contributed by atoms with van der Waals surface area (Å²) in [5, 5.41) is 2.94. The van der Waals surface area contributed by atoms with Gasteiger partial charge in [-0.05, 0) is 48.5 Å². The highest BCUT2D eigenvalue weighted by atomic mass is 35.5. The Balaban J connectivity index is 1.63. The molecule has 142 valence electrons. The average Bonchev–Trinajstić information content (AvgIpc) is 3.41. The molecule has 0 radical (unpaired) electrons. The van der Waals surface area contributed by atoms with E-state index in [4.69, 9.17) is 21.0 Å². The van der Waals surface area contributed by atoms with Crippen LogP contribution in [-0.2, 0) is 0 Å². The van der Waals surface area contributed by atoms with Crippen molar-refractivity contribution in [3.8, 4) is 5.69 Å². The molecular formula is C25H14ClN3O. The van der Waals surface area contributed by atoms with Gasteiger partial charge in [0.1, 0.15) is 11.2 Å². The van der Waals surface area contributed by atoms with Gasteiger partial charge in [0.15, 0.2) is 0 Å². The van der Waals surface area contributed by atoms with Crippen molar-refractivity contribution >= 4 is 61.4 Å². The number of nitrogens with zero attached hydrogens (tertiary/aromatic N) is 3. The van der Waals surface area contributed by atoms with Crippen LogP contribution >= 0.6 is 11.6 Å². The van der Waals surface area contributed by atoms with Crippen LogP contribution in [0.4, 0.5) is 0 Å². The number of fused-ring (bicyclic) bond motifs is 8. The number of rotatable bonds is 1. The molecule has 3 aromatic heterocycles. The second-order valence-electron chi connectivity index (χ2n) is 7.48. The number of benzene rings is 4. The first-order valence-electron chi connectivity index (χ1n) is 9.77. The van der Waals surface area contributed by atoms with Crippen LogP contribution in [0.15, 0.2) is 89.3 Å². The molecule has 4 nitrogen and oxygen atoms in total. The summed E-state index contributed by atoms with van der Waals surface area (Å²) >= 11 is 6.36. The van der Waals surface area contributed by atoms with Crippen molar-refractivity contribution in [1.82, 2.24) is 14.0 Å². The third kappa shape index (κ3) is 2.03. The van der Waals surface area contributed by atoms with Crippen molar-refractivity contribution in [3.05, 3.63) is 90.0 Å². The minimum absolute atomic E-state index is 0.701. The van der Waals surface area contributed by atoms with E-state index in [9.17, 15) is 0 Å². The van der Waals surface area contributed by atoms with Crippen LogP contribution in [0, 0.1) is 0 Å². The molecule has 0 aliphatic heterocycles. The molecule has 0 bridgehead atoms. The van der Waals surface area contributed by atoms with Crippen LogP contribution in [0.25, 0.3) is 55.5 Å². The summed E-state index contributed by atoms with van der Waals surface area (Å²) < 4.78 is 10.5. The maximum absolute atomic E-state index is 6.36. The predicted molar refractivity (Wildman–Crippen MR) is 122 cm³/mol. The van der Waals surface area contributed by atoms with E-state index >= 15 is 0 Å². The minimum Gasteiger partial charge on any atom is -0.456 e. The van der Waals surface area contributed by atoms with E-state index in [2.05, 4.69) is 39.3 Å². The highest BCUT2D eigenvalue weighted by Crippen LogP contribution is 2.34. The molecule has 4 aromatic carbocycles. The third-order valence-corrected chi connectivity index (χ3v) is 6.02. The monoisotopic (exact) mass is 407 g/mol. The van der Waals surface area contributed by atoms with Crippen molar-refractivity contribution < 1.29 is 4.42 Å². The Bertz CT molecular complexity index is 1770. The molecular weight excluding hydrogens is 394 g/mol. The summed E-state index contributed by atoms with van der Waals surface area (Å²) in [5.41, 5.74) is 6.83. The molecule has 0 aliphatic carbocycles.